The number of Topliss-reactive ketones (excluding diaryl/α,β-unsaturated/α-hetero) is 1. The third kappa shape index (κ3) is 4.74. The third-order valence-corrected chi connectivity index (χ3v) is 3.06. The Balaban J connectivity index is 2.83. The lowest BCUT2D eigenvalue weighted by atomic mass is 10.1. The summed E-state index contributed by atoms with van der Waals surface area (Å²) in [6.45, 7) is 9.42. The van der Waals surface area contributed by atoms with Gasteiger partial charge in [-0.25, -0.2) is 0 Å². The number of benzene rings is 1. The Bertz CT molecular complexity index is 484. The average Bonchev–Trinajstić information content (AvgIpc) is 2.37. The van der Waals surface area contributed by atoms with Gasteiger partial charge in [0.1, 0.15) is 0 Å². The van der Waals surface area contributed by atoms with Gasteiger partial charge in [-0.2, -0.15) is 0 Å². The predicted octanol–water partition coefficient (Wildman–Crippen LogP) is 3.14. The summed E-state index contributed by atoms with van der Waals surface area (Å²) >= 11 is 0. The number of nitrogens with zero attached hydrogens (tertiary/aromatic N) is 2. The molecule has 5 nitrogen and oxygen atoms in total. The van der Waals surface area contributed by atoms with E-state index in [4.69, 9.17) is 0 Å². The van der Waals surface area contributed by atoms with Crippen molar-refractivity contribution in [3.63, 3.8) is 0 Å². The number of rotatable bonds is 7. The summed E-state index contributed by atoms with van der Waals surface area (Å²) in [7, 11) is 0. The fraction of sp³-hybridized carbons (Fsp3) is 0.533. The Kier molecular flexibility index (Phi) is 5.82. The Morgan fingerprint density at radius 1 is 1.30 bits per heavy atom. The molecule has 1 aromatic rings. The molecule has 0 saturated carbocycles. The first-order valence-corrected chi connectivity index (χ1v) is 6.83. The molecule has 5 heteroatoms. The Morgan fingerprint density at radius 2 is 1.95 bits per heavy atom. The summed E-state index contributed by atoms with van der Waals surface area (Å²) in [5, 5.41) is 10.7. The average molecular weight is 278 g/mol. The van der Waals surface area contributed by atoms with E-state index >= 15 is 0 Å². The summed E-state index contributed by atoms with van der Waals surface area (Å²) < 4.78 is 0. The molecule has 0 aliphatic rings. The molecule has 0 unspecified atom stereocenters. The number of non-ortho nitro benzene ring substituents is 1. The van der Waals surface area contributed by atoms with E-state index in [1.165, 1.54) is 12.1 Å². The molecule has 0 aromatic heterocycles. The van der Waals surface area contributed by atoms with Crippen LogP contribution in [-0.2, 0) is 0 Å². The summed E-state index contributed by atoms with van der Waals surface area (Å²) in [4.78, 5) is 24.6. The van der Waals surface area contributed by atoms with Crippen LogP contribution in [0.25, 0.3) is 0 Å². The molecule has 0 radical (unpaired) electrons. The van der Waals surface area contributed by atoms with Crippen molar-refractivity contribution in [2.24, 2.45) is 5.92 Å². The number of nitro benzene ring substituents is 1. The van der Waals surface area contributed by atoms with Gasteiger partial charge in [-0.15, -0.1) is 0 Å². The van der Waals surface area contributed by atoms with Gasteiger partial charge in [-0.05, 0) is 19.8 Å². The van der Waals surface area contributed by atoms with Gasteiger partial charge in [0.15, 0.2) is 5.78 Å². The van der Waals surface area contributed by atoms with E-state index in [1.54, 1.807) is 12.1 Å². The predicted molar refractivity (Wildman–Crippen MR) is 79.0 cm³/mol. The third-order valence-electron chi connectivity index (χ3n) is 3.06. The number of hydrogen-bond donors (Lipinski definition) is 0. The SMILES string of the molecule is CC(C)CN(CC(=O)c1cccc([N+](=O)[O-])c1)C(C)C. The van der Waals surface area contributed by atoms with Crippen molar-refractivity contribution in [2.75, 3.05) is 13.1 Å². The van der Waals surface area contributed by atoms with Crippen LogP contribution in [0, 0.1) is 16.0 Å². The van der Waals surface area contributed by atoms with Crippen molar-refractivity contribution in [1.82, 2.24) is 4.90 Å². The van der Waals surface area contributed by atoms with E-state index in [-0.39, 0.29) is 24.1 Å². The number of hydrogen-bond acceptors (Lipinski definition) is 4. The highest BCUT2D eigenvalue weighted by atomic mass is 16.6. The summed E-state index contributed by atoms with van der Waals surface area (Å²) in [6.07, 6.45) is 0. The van der Waals surface area contributed by atoms with Crippen molar-refractivity contribution in [1.29, 1.82) is 0 Å². The molecular formula is C15H22N2O3. The van der Waals surface area contributed by atoms with Crippen LogP contribution in [0.5, 0.6) is 0 Å². The van der Waals surface area contributed by atoms with Crippen LogP contribution >= 0.6 is 0 Å². The van der Waals surface area contributed by atoms with Crippen molar-refractivity contribution in [3.05, 3.63) is 39.9 Å². The Hall–Kier alpha value is -1.75. The number of carbonyl (C=O) groups is 1. The number of nitro groups is 1. The maximum atomic E-state index is 12.3. The molecule has 20 heavy (non-hydrogen) atoms. The second kappa shape index (κ2) is 7.14. The van der Waals surface area contributed by atoms with Gasteiger partial charge in [0, 0.05) is 30.3 Å². The van der Waals surface area contributed by atoms with Crippen molar-refractivity contribution in [3.8, 4) is 0 Å². The van der Waals surface area contributed by atoms with Crippen LogP contribution in [-0.4, -0.2) is 34.7 Å². The lowest BCUT2D eigenvalue weighted by Gasteiger charge is -2.27. The highest BCUT2D eigenvalue weighted by Gasteiger charge is 2.18. The fourth-order valence-electron chi connectivity index (χ4n) is 2.00. The van der Waals surface area contributed by atoms with Crippen molar-refractivity contribution in [2.45, 2.75) is 33.7 Å². The van der Waals surface area contributed by atoms with E-state index in [0.717, 1.165) is 6.54 Å². The Labute approximate surface area is 119 Å². The second-order valence-electron chi connectivity index (χ2n) is 5.65. The molecule has 0 N–H and O–H groups in total. The minimum Gasteiger partial charge on any atom is -0.293 e. The second-order valence-corrected chi connectivity index (χ2v) is 5.65. The monoisotopic (exact) mass is 278 g/mol. The van der Waals surface area contributed by atoms with Crippen LogP contribution in [0.2, 0.25) is 0 Å². The lowest BCUT2D eigenvalue weighted by Crippen LogP contribution is -2.38. The summed E-state index contributed by atoms with van der Waals surface area (Å²) in [5.41, 5.74) is 0.351. The van der Waals surface area contributed by atoms with Crippen LogP contribution in [0.4, 0.5) is 5.69 Å². The minimum absolute atomic E-state index is 0.0455. The van der Waals surface area contributed by atoms with Crippen molar-refractivity contribution >= 4 is 11.5 Å². The van der Waals surface area contributed by atoms with Gasteiger partial charge in [0.25, 0.3) is 5.69 Å². The molecule has 0 atom stereocenters. The summed E-state index contributed by atoms with van der Waals surface area (Å²) in [6, 6.07) is 6.18. The van der Waals surface area contributed by atoms with E-state index < -0.39 is 4.92 Å². The van der Waals surface area contributed by atoms with Gasteiger partial charge in [-0.3, -0.25) is 19.8 Å². The standard InChI is InChI=1S/C15H22N2O3/c1-11(2)9-16(12(3)4)10-15(18)13-6-5-7-14(8-13)17(19)20/h5-8,11-12H,9-10H2,1-4H3. The molecule has 0 aliphatic heterocycles. The molecule has 0 heterocycles. The largest absolute Gasteiger partial charge is 0.293 e. The first-order valence-electron chi connectivity index (χ1n) is 6.83. The maximum absolute atomic E-state index is 12.3. The zero-order valence-electron chi connectivity index (χ0n) is 12.5. The van der Waals surface area contributed by atoms with E-state index in [9.17, 15) is 14.9 Å². The van der Waals surface area contributed by atoms with Crippen LogP contribution in [0.15, 0.2) is 24.3 Å². The molecule has 0 spiro atoms. The van der Waals surface area contributed by atoms with E-state index in [2.05, 4.69) is 18.7 Å². The molecule has 0 aliphatic carbocycles. The maximum Gasteiger partial charge on any atom is 0.270 e. The number of carbonyl (C=O) groups excluding carboxylic acids is 1. The van der Waals surface area contributed by atoms with Crippen LogP contribution in [0.3, 0.4) is 0 Å². The first-order chi connectivity index (χ1) is 9.31. The fourth-order valence-corrected chi connectivity index (χ4v) is 2.00. The first kappa shape index (κ1) is 16.3. The highest BCUT2D eigenvalue weighted by molar-refractivity contribution is 5.98. The van der Waals surface area contributed by atoms with E-state index in [1.807, 2.05) is 13.8 Å². The van der Waals surface area contributed by atoms with Gasteiger partial charge >= 0.3 is 0 Å². The zero-order valence-corrected chi connectivity index (χ0v) is 12.5. The molecule has 0 fully saturated rings. The molecular weight excluding hydrogens is 256 g/mol. The molecule has 1 aromatic carbocycles. The molecule has 1 rings (SSSR count). The molecule has 0 amide bonds. The van der Waals surface area contributed by atoms with Gasteiger partial charge in [0.2, 0.25) is 0 Å². The van der Waals surface area contributed by atoms with Crippen LogP contribution < -0.4 is 0 Å². The normalized spacial score (nSPS) is 11.3. The van der Waals surface area contributed by atoms with Gasteiger partial charge in [0.05, 0.1) is 11.5 Å². The molecule has 0 bridgehead atoms. The summed E-state index contributed by atoms with van der Waals surface area (Å²) in [5.74, 6) is 0.387. The molecule has 0 saturated heterocycles. The highest BCUT2D eigenvalue weighted by Crippen LogP contribution is 2.15. The quantitative estimate of drug-likeness (QED) is 0.436. The van der Waals surface area contributed by atoms with Gasteiger partial charge in [-0.1, -0.05) is 26.0 Å². The van der Waals surface area contributed by atoms with E-state index in [0.29, 0.717) is 11.5 Å². The minimum atomic E-state index is -0.481. The Morgan fingerprint density at radius 3 is 2.45 bits per heavy atom. The lowest BCUT2D eigenvalue weighted by molar-refractivity contribution is -0.384. The number of ketones is 1. The smallest absolute Gasteiger partial charge is 0.270 e. The zero-order chi connectivity index (χ0) is 15.3. The van der Waals surface area contributed by atoms with Crippen LogP contribution in [0.1, 0.15) is 38.1 Å². The van der Waals surface area contributed by atoms with Crippen molar-refractivity contribution < 1.29 is 9.72 Å². The molecule has 110 valence electrons. The topological polar surface area (TPSA) is 63.5 Å². The van der Waals surface area contributed by atoms with Gasteiger partial charge < -0.3 is 0 Å².